The molecule has 0 aromatic heterocycles. The number of hydrogen-bond donors (Lipinski definition) is 1. The van der Waals surface area contributed by atoms with Crippen molar-refractivity contribution in [2.45, 2.75) is 19.8 Å². The van der Waals surface area contributed by atoms with E-state index >= 15 is 0 Å². The number of nitrogens with zero attached hydrogens (tertiary/aromatic N) is 1. The smallest absolute Gasteiger partial charge is 0.337 e. The number of anilines is 1. The Kier molecular flexibility index (Phi) is 6.17. The van der Waals surface area contributed by atoms with Crippen LogP contribution in [0.15, 0.2) is 24.3 Å². The summed E-state index contributed by atoms with van der Waals surface area (Å²) in [6.45, 7) is 3.02. The number of likely N-dealkylation sites (tertiary alicyclic amines) is 1. The minimum Gasteiger partial charge on any atom is -0.466 e. The lowest BCUT2D eigenvalue weighted by molar-refractivity contribution is -0.149. The highest BCUT2D eigenvalue weighted by molar-refractivity contribution is 5.94. The van der Waals surface area contributed by atoms with Crippen LogP contribution in [0.2, 0.25) is 0 Å². The van der Waals surface area contributed by atoms with Crippen molar-refractivity contribution in [2.24, 2.45) is 5.92 Å². The fourth-order valence-electron chi connectivity index (χ4n) is 2.66. The van der Waals surface area contributed by atoms with Crippen LogP contribution in [0.4, 0.5) is 10.5 Å². The van der Waals surface area contributed by atoms with Crippen molar-refractivity contribution < 1.29 is 23.9 Å². The molecule has 1 saturated heterocycles. The van der Waals surface area contributed by atoms with Gasteiger partial charge < -0.3 is 19.7 Å². The van der Waals surface area contributed by atoms with Gasteiger partial charge in [0.1, 0.15) is 0 Å². The first-order valence-corrected chi connectivity index (χ1v) is 7.96. The predicted octanol–water partition coefficient (Wildman–Crippen LogP) is 2.28. The summed E-state index contributed by atoms with van der Waals surface area (Å²) in [6.07, 6.45) is 1.47. The summed E-state index contributed by atoms with van der Waals surface area (Å²) in [5.74, 6) is -1.01. The summed E-state index contributed by atoms with van der Waals surface area (Å²) in [6, 6.07) is 6.22. The van der Waals surface area contributed by atoms with Crippen molar-refractivity contribution in [2.75, 3.05) is 32.1 Å². The maximum atomic E-state index is 12.4. The molecule has 1 fully saturated rings. The maximum absolute atomic E-state index is 12.4. The monoisotopic (exact) mass is 334 g/mol. The van der Waals surface area contributed by atoms with Gasteiger partial charge in [-0.1, -0.05) is 6.07 Å². The number of benzene rings is 1. The third-order valence-electron chi connectivity index (χ3n) is 3.86. The van der Waals surface area contributed by atoms with Crippen molar-refractivity contribution in [1.82, 2.24) is 4.90 Å². The van der Waals surface area contributed by atoms with E-state index in [9.17, 15) is 14.4 Å². The van der Waals surface area contributed by atoms with Crippen molar-refractivity contribution in [1.29, 1.82) is 0 Å². The molecule has 1 heterocycles. The summed E-state index contributed by atoms with van der Waals surface area (Å²) in [4.78, 5) is 37.4. The van der Waals surface area contributed by atoms with E-state index in [1.54, 1.807) is 36.1 Å². The number of methoxy groups -OCH3 is 1. The number of urea groups is 1. The Morgan fingerprint density at radius 2 is 2.12 bits per heavy atom. The molecule has 2 amide bonds. The van der Waals surface area contributed by atoms with Crippen LogP contribution in [-0.2, 0) is 14.3 Å². The molecule has 0 radical (unpaired) electrons. The number of nitrogens with one attached hydrogen (secondary N) is 1. The first kappa shape index (κ1) is 17.8. The summed E-state index contributed by atoms with van der Waals surface area (Å²) in [5, 5.41) is 2.75. The quantitative estimate of drug-likeness (QED) is 0.854. The van der Waals surface area contributed by atoms with Gasteiger partial charge in [-0.3, -0.25) is 4.79 Å². The lowest BCUT2D eigenvalue weighted by atomic mass is 9.98. The molecule has 0 aliphatic carbocycles. The van der Waals surface area contributed by atoms with Crippen LogP contribution in [0, 0.1) is 5.92 Å². The van der Waals surface area contributed by atoms with Crippen molar-refractivity contribution in [3.05, 3.63) is 29.8 Å². The Bertz CT molecular complexity index is 617. The number of ether oxygens (including phenoxy) is 2. The molecule has 7 heteroatoms. The Balaban J connectivity index is 1.99. The Morgan fingerprint density at radius 3 is 2.83 bits per heavy atom. The first-order chi connectivity index (χ1) is 11.5. The number of amides is 2. The molecule has 7 nitrogen and oxygen atoms in total. The molecule has 24 heavy (non-hydrogen) atoms. The Morgan fingerprint density at radius 1 is 1.33 bits per heavy atom. The van der Waals surface area contributed by atoms with Crippen LogP contribution < -0.4 is 5.32 Å². The van der Waals surface area contributed by atoms with Gasteiger partial charge in [0.05, 0.1) is 25.2 Å². The number of carbonyl (C=O) groups excluding carboxylic acids is 3. The fourth-order valence-corrected chi connectivity index (χ4v) is 2.66. The largest absolute Gasteiger partial charge is 0.466 e. The molecule has 1 unspecified atom stereocenters. The van der Waals surface area contributed by atoms with E-state index in [0.717, 1.165) is 12.8 Å². The maximum Gasteiger partial charge on any atom is 0.337 e. The van der Waals surface area contributed by atoms with Crippen LogP contribution in [0.1, 0.15) is 30.1 Å². The van der Waals surface area contributed by atoms with Crippen LogP contribution in [0.25, 0.3) is 0 Å². The Labute approximate surface area is 140 Å². The van der Waals surface area contributed by atoms with E-state index in [2.05, 4.69) is 10.1 Å². The second-order valence-electron chi connectivity index (χ2n) is 5.54. The lowest BCUT2D eigenvalue weighted by Crippen LogP contribution is -2.44. The molecule has 1 aromatic carbocycles. The first-order valence-electron chi connectivity index (χ1n) is 7.96. The van der Waals surface area contributed by atoms with Crippen molar-refractivity contribution >= 4 is 23.7 Å². The normalized spacial score (nSPS) is 17.1. The van der Waals surface area contributed by atoms with Gasteiger partial charge in [-0.2, -0.15) is 0 Å². The predicted molar refractivity (Wildman–Crippen MR) is 87.7 cm³/mol. The standard InChI is InChI=1S/C17H22N2O5/c1-3-24-16(21)13-7-5-9-19(11-13)17(22)18-14-8-4-6-12(10-14)15(20)23-2/h4,6,8,10,13H,3,5,7,9,11H2,1-2H3,(H,18,22). The van der Waals surface area contributed by atoms with Crippen molar-refractivity contribution in [3.8, 4) is 0 Å². The molecule has 1 aromatic rings. The molecule has 1 atom stereocenters. The second kappa shape index (κ2) is 8.33. The molecule has 2 rings (SSSR count). The van der Waals surface area contributed by atoms with Gasteiger partial charge in [0.25, 0.3) is 0 Å². The molecule has 1 aliphatic heterocycles. The Hall–Kier alpha value is -2.57. The highest BCUT2D eigenvalue weighted by Gasteiger charge is 2.29. The lowest BCUT2D eigenvalue weighted by Gasteiger charge is -2.31. The number of piperidine rings is 1. The van der Waals surface area contributed by atoms with Crippen LogP contribution in [0.3, 0.4) is 0 Å². The number of hydrogen-bond acceptors (Lipinski definition) is 5. The van der Waals surface area contributed by atoms with E-state index in [4.69, 9.17) is 4.74 Å². The van der Waals surface area contributed by atoms with Crippen LogP contribution in [-0.4, -0.2) is 49.7 Å². The van der Waals surface area contributed by atoms with Crippen LogP contribution in [0.5, 0.6) is 0 Å². The summed E-state index contributed by atoms with van der Waals surface area (Å²) in [5.41, 5.74) is 0.861. The summed E-state index contributed by atoms with van der Waals surface area (Å²) in [7, 11) is 1.30. The van der Waals surface area contributed by atoms with Gasteiger partial charge in [-0.15, -0.1) is 0 Å². The zero-order valence-corrected chi connectivity index (χ0v) is 13.9. The third-order valence-corrected chi connectivity index (χ3v) is 3.86. The minimum atomic E-state index is -0.466. The van der Waals surface area contributed by atoms with Gasteiger partial charge >= 0.3 is 18.0 Å². The van der Waals surface area contributed by atoms with E-state index < -0.39 is 5.97 Å². The van der Waals surface area contributed by atoms with Gasteiger partial charge in [0.2, 0.25) is 0 Å². The summed E-state index contributed by atoms with van der Waals surface area (Å²) < 4.78 is 9.70. The van der Waals surface area contributed by atoms with Gasteiger partial charge in [0, 0.05) is 18.8 Å². The topological polar surface area (TPSA) is 84.9 Å². The molecule has 0 saturated carbocycles. The molecular weight excluding hydrogens is 312 g/mol. The molecule has 1 N–H and O–H groups in total. The van der Waals surface area contributed by atoms with Crippen molar-refractivity contribution in [3.63, 3.8) is 0 Å². The number of esters is 2. The third kappa shape index (κ3) is 4.47. The highest BCUT2D eigenvalue weighted by atomic mass is 16.5. The molecular formula is C17H22N2O5. The van der Waals surface area contributed by atoms with Gasteiger partial charge in [0.15, 0.2) is 0 Å². The van der Waals surface area contributed by atoms with Gasteiger partial charge in [-0.05, 0) is 38.0 Å². The molecule has 1 aliphatic rings. The number of carbonyl (C=O) groups is 3. The van der Waals surface area contributed by atoms with E-state index in [0.29, 0.717) is 30.9 Å². The second-order valence-corrected chi connectivity index (χ2v) is 5.54. The zero-order valence-electron chi connectivity index (χ0n) is 13.9. The van der Waals surface area contributed by atoms with E-state index in [1.807, 2.05) is 0 Å². The average Bonchev–Trinajstić information content (AvgIpc) is 2.61. The van der Waals surface area contributed by atoms with E-state index in [1.165, 1.54) is 7.11 Å². The minimum absolute atomic E-state index is 0.261. The SMILES string of the molecule is CCOC(=O)C1CCCN(C(=O)Nc2cccc(C(=O)OC)c2)C1. The highest BCUT2D eigenvalue weighted by Crippen LogP contribution is 2.19. The number of rotatable bonds is 4. The van der Waals surface area contributed by atoms with E-state index in [-0.39, 0.29) is 17.9 Å². The summed E-state index contributed by atoms with van der Waals surface area (Å²) >= 11 is 0. The van der Waals surface area contributed by atoms with Gasteiger partial charge in [-0.25, -0.2) is 9.59 Å². The molecule has 130 valence electrons. The average molecular weight is 334 g/mol. The zero-order chi connectivity index (χ0) is 17.5. The molecule has 0 spiro atoms. The van der Waals surface area contributed by atoms with Crippen LogP contribution >= 0.6 is 0 Å². The fraction of sp³-hybridized carbons (Fsp3) is 0.471. The molecule has 0 bridgehead atoms.